The number of carboxylic acids is 1. The van der Waals surface area contributed by atoms with E-state index in [2.05, 4.69) is 4.90 Å². The van der Waals surface area contributed by atoms with E-state index < -0.39 is 12.1 Å². The Labute approximate surface area is 89.9 Å². The lowest BCUT2D eigenvalue weighted by Gasteiger charge is -2.22. The Morgan fingerprint density at radius 2 is 1.93 bits per heavy atom. The van der Waals surface area contributed by atoms with E-state index in [4.69, 9.17) is 5.11 Å². The summed E-state index contributed by atoms with van der Waals surface area (Å²) in [4.78, 5) is 13.1. The molecule has 2 fully saturated rings. The van der Waals surface area contributed by atoms with Crippen LogP contribution in [0.2, 0.25) is 0 Å². The molecule has 15 heavy (non-hydrogen) atoms. The van der Waals surface area contributed by atoms with Crippen molar-refractivity contribution in [3.05, 3.63) is 0 Å². The maximum atomic E-state index is 10.7. The lowest BCUT2D eigenvalue weighted by molar-refractivity contribution is -0.150. The molecule has 1 saturated carbocycles. The van der Waals surface area contributed by atoms with Crippen molar-refractivity contribution in [3.63, 3.8) is 0 Å². The second-order valence-electron chi connectivity index (χ2n) is 4.90. The van der Waals surface area contributed by atoms with Crippen LogP contribution in [0.4, 0.5) is 0 Å². The zero-order valence-electron chi connectivity index (χ0n) is 8.98. The fourth-order valence-corrected chi connectivity index (χ4v) is 2.47. The van der Waals surface area contributed by atoms with Crippen LogP contribution in [0, 0.1) is 5.41 Å². The molecule has 0 aromatic carbocycles. The molecule has 2 aliphatic rings. The highest BCUT2D eigenvalue weighted by Gasteiger charge is 2.51. The van der Waals surface area contributed by atoms with Crippen molar-refractivity contribution >= 4 is 5.97 Å². The molecule has 1 heterocycles. The number of hydrogen-bond donors (Lipinski definition) is 2. The van der Waals surface area contributed by atoms with Crippen LogP contribution in [-0.4, -0.2) is 46.8 Å². The van der Waals surface area contributed by atoms with Gasteiger partial charge in [-0.25, -0.2) is 4.79 Å². The third kappa shape index (κ3) is 2.32. The van der Waals surface area contributed by atoms with Gasteiger partial charge in [-0.1, -0.05) is 0 Å². The molecule has 86 valence electrons. The van der Waals surface area contributed by atoms with Gasteiger partial charge in [0.15, 0.2) is 6.10 Å². The highest BCUT2D eigenvalue weighted by atomic mass is 16.4. The van der Waals surface area contributed by atoms with Gasteiger partial charge < -0.3 is 15.1 Å². The average molecular weight is 213 g/mol. The monoisotopic (exact) mass is 213 g/mol. The van der Waals surface area contributed by atoms with Crippen LogP contribution in [-0.2, 0) is 4.79 Å². The largest absolute Gasteiger partial charge is 0.479 e. The summed E-state index contributed by atoms with van der Waals surface area (Å²) in [5, 5.41) is 18.4. The minimum absolute atomic E-state index is 0.297. The lowest BCUT2D eigenvalue weighted by atomic mass is 9.95. The maximum Gasteiger partial charge on any atom is 0.333 e. The Kier molecular flexibility index (Phi) is 2.98. The number of aliphatic hydroxyl groups is 1. The smallest absolute Gasteiger partial charge is 0.333 e. The molecular weight excluding hydrogens is 194 g/mol. The molecule has 2 N–H and O–H groups in total. The van der Waals surface area contributed by atoms with Crippen LogP contribution in [0.5, 0.6) is 0 Å². The van der Waals surface area contributed by atoms with Crippen molar-refractivity contribution in [2.75, 3.05) is 19.6 Å². The van der Waals surface area contributed by atoms with E-state index in [-0.39, 0.29) is 5.41 Å². The van der Waals surface area contributed by atoms with Gasteiger partial charge in [-0.3, -0.25) is 0 Å². The van der Waals surface area contributed by atoms with E-state index in [0.717, 1.165) is 38.9 Å². The van der Waals surface area contributed by atoms with Crippen molar-refractivity contribution in [1.29, 1.82) is 0 Å². The Balaban J connectivity index is 1.80. The predicted molar refractivity (Wildman–Crippen MR) is 55.6 cm³/mol. The Hall–Kier alpha value is -0.610. The number of hydrogen-bond acceptors (Lipinski definition) is 3. The van der Waals surface area contributed by atoms with E-state index in [0.29, 0.717) is 0 Å². The summed E-state index contributed by atoms with van der Waals surface area (Å²) in [7, 11) is 0. The second-order valence-corrected chi connectivity index (χ2v) is 4.90. The number of aliphatic hydroxyl groups excluding tert-OH is 1. The van der Waals surface area contributed by atoms with E-state index in [1.807, 2.05) is 0 Å². The molecule has 0 spiro atoms. The number of aliphatic carboxylic acids is 1. The summed E-state index contributed by atoms with van der Waals surface area (Å²) in [6.45, 7) is 3.23. The van der Waals surface area contributed by atoms with E-state index in [1.165, 1.54) is 12.8 Å². The van der Waals surface area contributed by atoms with Gasteiger partial charge in [-0.15, -0.1) is 0 Å². The Morgan fingerprint density at radius 1 is 1.33 bits per heavy atom. The predicted octanol–water partition coefficient (Wildman–Crippen LogP) is 0.698. The average Bonchev–Trinajstić information content (AvgIpc) is 2.82. The van der Waals surface area contributed by atoms with Gasteiger partial charge in [0.25, 0.3) is 0 Å². The van der Waals surface area contributed by atoms with Gasteiger partial charge in [0, 0.05) is 5.41 Å². The van der Waals surface area contributed by atoms with E-state index in [9.17, 15) is 9.90 Å². The van der Waals surface area contributed by atoms with Crippen molar-refractivity contribution in [1.82, 2.24) is 4.90 Å². The first-order valence-corrected chi connectivity index (χ1v) is 5.77. The molecule has 1 saturated heterocycles. The standard InChI is InChI=1S/C11H19NO3/c13-9(10(14)15)11(3-4-11)5-8-12-6-1-2-7-12/h9,13H,1-8H2,(H,14,15). The second kappa shape index (κ2) is 4.10. The molecule has 0 aromatic rings. The molecule has 0 radical (unpaired) electrons. The van der Waals surface area contributed by atoms with Crippen LogP contribution >= 0.6 is 0 Å². The SMILES string of the molecule is O=C(O)C(O)C1(CCN2CCCC2)CC1. The minimum atomic E-state index is -1.15. The van der Waals surface area contributed by atoms with Crippen LogP contribution in [0.25, 0.3) is 0 Å². The molecule has 2 rings (SSSR count). The van der Waals surface area contributed by atoms with Gasteiger partial charge in [0.2, 0.25) is 0 Å². The Bertz CT molecular complexity index is 244. The van der Waals surface area contributed by atoms with Crippen molar-refractivity contribution in [2.45, 2.75) is 38.2 Å². The summed E-state index contributed by atoms with van der Waals surface area (Å²) in [5.41, 5.74) is -0.297. The summed E-state index contributed by atoms with van der Waals surface area (Å²) in [6, 6.07) is 0. The number of likely N-dealkylation sites (tertiary alicyclic amines) is 1. The molecule has 1 unspecified atom stereocenters. The van der Waals surface area contributed by atoms with Crippen LogP contribution < -0.4 is 0 Å². The summed E-state index contributed by atoms with van der Waals surface area (Å²) >= 11 is 0. The van der Waals surface area contributed by atoms with Crippen LogP contribution in [0.3, 0.4) is 0 Å². The van der Waals surface area contributed by atoms with Crippen molar-refractivity contribution in [2.24, 2.45) is 5.41 Å². The molecule has 1 aliphatic carbocycles. The molecule has 0 bridgehead atoms. The number of nitrogens with zero attached hydrogens (tertiary/aromatic N) is 1. The van der Waals surface area contributed by atoms with Crippen LogP contribution in [0.1, 0.15) is 32.1 Å². The fourth-order valence-electron chi connectivity index (χ4n) is 2.47. The van der Waals surface area contributed by atoms with Gasteiger partial charge in [0.05, 0.1) is 0 Å². The number of rotatable bonds is 5. The Morgan fingerprint density at radius 3 is 2.40 bits per heavy atom. The minimum Gasteiger partial charge on any atom is -0.479 e. The van der Waals surface area contributed by atoms with Gasteiger partial charge >= 0.3 is 5.97 Å². The molecular formula is C11H19NO3. The molecule has 4 heteroatoms. The number of carboxylic acid groups (broad SMARTS) is 1. The highest BCUT2D eigenvalue weighted by Crippen LogP contribution is 2.52. The molecule has 4 nitrogen and oxygen atoms in total. The summed E-state index contributed by atoms with van der Waals surface area (Å²) in [6.07, 6.45) is 3.94. The molecule has 0 amide bonds. The molecule has 1 aliphatic heterocycles. The van der Waals surface area contributed by atoms with E-state index >= 15 is 0 Å². The first-order chi connectivity index (χ1) is 7.14. The zero-order chi connectivity index (χ0) is 10.9. The first-order valence-electron chi connectivity index (χ1n) is 5.77. The van der Waals surface area contributed by atoms with Gasteiger partial charge in [-0.2, -0.15) is 0 Å². The van der Waals surface area contributed by atoms with E-state index in [1.54, 1.807) is 0 Å². The quantitative estimate of drug-likeness (QED) is 0.705. The third-order valence-electron chi connectivity index (χ3n) is 3.83. The molecule has 1 atom stereocenters. The van der Waals surface area contributed by atoms with Crippen LogP contribution in [0.15, 0.2) is 0 Å². The lowest BCUT2D eigenvalue weighted by Crippen LogP contribution is -2.34. The normalized spacial score (nSPS) is 26.5. The van der Waals surface area contributed by atoms with Crippen molar-refractivity contribution in [3.8, 4) is 0 Å². The van der Waals surface area contributed by atoms with Gasteiger partial charge in [-0.05, 0) is 51.7 Å². The van der Waals surface area contributed by atoms with Gasteiger partial charge in [0.1, 0.15) is 0 Å². The van der Waals surface area contributed by atoms with Crippen molar-refractivity contribution < 1.29 is 15.0 Å². The summed E-state index contributed by atoms with van der Waals surface area (Å²) < 4.78 is 0. The highest BCUT2D eigenvalue weighted by molar-refractivity contribution is 5.73. The first kappa shape index (κ1) is 10.9. The topological polar surface area (TPSA) is 60.8 Å². The maximum absolute atomic E-state index is 10.7. The zero-order valence-corrected chi connectivity index (χ0v) is 8.98. The fraction of sp³-hybridized carbons (Fsp3) is 0.909. The third-order valence-corrected chi connectivity index (χ3v) is 3.83. The molecule has 0 aromatic heterocycles. The number of carbonyl (C=O) groups is 1. The summed E-state index contributed by atoms with van der Waals surface area (Å²) in [5.74, 6) is -1.06.